The Hall–Kier alpha value is -3.02. The fraction of sp³-hybridized carbons (Fsp3) is 0.308. The smallest absolute Gasteiger partial charge is 0.305 e. The number of fused-ring (bicyclic) bond motifs is 1. The van der Waals surface area contributed by atoms with Crippen molar-refractivity contribution in [2.75, 3.05) is 0 Å². The van der Waals surface area contributed by atoms with Crippen LogP contribution < -0.4 is 0 Å². The molecule has 3 rings (SSSR count). The van der Waals surface area contributed by atoms with E-state index in [1.807, 2.05) is 37.3 Å². The number of carbonyl (C=O) groups is 1. The van der Waals surface area contributed by atoms with Crippen molar-refractivity contribution in [3.8, 4) is 11.1 Å². The quantitative estimate of drug-likeness (QED) is 0.481. The van der Waals surface area contributed by atoms with Gasteiger partial charge in [0.25, 0.3) is 0 Å². The van der Waals surface area contributed by atoms with E-state index in [9.17, 15) is 15.0 Å². The average molecular weight is 420 g/mol. The highest BCUT2D eigenvalue weighted by molar-refractivity contribution is 5.99. The van der Waals surface area contributed by atoms with Crippen molar-refractivity contribution < 1.29 is 20.1 Å². The summed E-state index contributed by atoms with van der Waals surface area (Å²) in [6, 6.07) is 16.3. The molecule has 5 nitrogen and oxygen atoms in total. The van der Waals surface area contributed by atoms with Crippen LogP contribution in [-0.4, -0.2) is 38.5 Å². The van der Waals surface area contributed by atoms with Crippen LogP contribution in [0.25, 0.3) is 28.1 Å². The fourth-order valence-corrected chi connectivity index (χ4v) is 3.74. The van der Waals surface area contributed by atoms with E-state index in [0.29, 0.717) is 0 Å². The molecule has 0 saturated heterocycles. The van der Waals surface area contributed by atoms with Crippen LogP contribution in [0.4, 0.5) is 0 Å². The maximum absolute atomic E-state index is 10.8. The molecule has 2 unspecified atom stereocenters. The summed E-state index contributed by atoms with van der Waals surface area (Å²) < 4.78 is 0. The van der Waals surface area contributed by atoms with Crippen LogP contribution in [0.2, 0.25) is 0 Å². The summed E-state index contributed by atoms with van der Waals surface area (Å²) in [7, 11) is 0. The Morgan fingerprint density at radius 2 is 1.74 bits per heavy atom. The molecule has 0 aliphatic heterocycles. The molecule has 0 amide bonds. The number of carboxylic acids is 1. The lowest BCUT2D eigenvalue weighted by molar-refractivity contribution is -0.139. The second-order valence-electron chi connectivity index (χ2n) is 8.24. The normalized spacial score (nSPS) is 13.7. The Bertz CT molecular complexity index is 1090. The lowest BCUT2D eigenvalue weighted by atomic mass is 9.90. The third-order valence-corrected chi connectivity index (χ3v) is 5.26. The second-order valence-corrected chi connectivity index (χ2v) is 8.24. The maximum Gasteiger partial charge on any atom is 0.305 e. The molecule has 0 bridgehead atoms. The molecule has 2 aromatic carbocycles. The molecule has 3 aromatic rings. The summed E-state index contributed by atoms with van der Waals surface area (Å²) in [6.07, 6.45) is 0.956. The van der Waals surface area contributed by atoms with Gasteiger partial charge in [0.15, 0.2) is 0 Å². The lowest BCUT2D eigenvalue weighted by Gasteiger charge is -2.18. The minimum absolute atomic E-state index is 0.0410. The van der Waals surface area contributed by atoms with E-state index in [4.69, 9.17) is 10.1 Å². The summed E-state index contributed by atoms with van der Waals surface area (Å²) >= 11 is 0. The molecule has 0 radical (unpaired) electrons. The van der Waals surface area contributed by atoms with Crippen molar-refractivity contribution in [3.63, 3.8) is 0 Å². The Labute approximate surface area is 182 Å². The molecule has 3 N–H and O–H groups in total. The Balaban J connectivity index is 2.12. The van der Waals surface area contributed by atoms with Crippen molar-refractivity contribution >= 4 is 22.9 Å². The van der Waals surface area contributed by atoms with Crippen LogP contribution in [0.5, 0.6) is 0 Å². The first-order valence-electron chi connectivity index (χ1n) is 10.5. The first kappa shape index (κ1) is 22.7. The van der Waals surface area contributed by atoms with Gasteiger partial charge in [-0.05, 0) is 24.5 Å². The molecule has 0 saturated carbocycles. The number of aliphatic hydroxyl groups is 2. The minimum Gasteiger partial charge on any atom is -0.481 e. The van der Waals surface area contributed by atoms with E-state index >= 15 is 0 Å². The molecule has 5 heteroatoms. The van der Waals surface area contributed by atoms with Crippen molar-refractivity contribution in [3.05, 3.63) is 71.4 Å². The monoisotopic (exact) mass is 419 g/mol. The molecule has 0 aliphatic carbocycles. The van der Waals surface area contributed by atoms with Crippen molar-refractivity contribution in [1.82, 2.24) is 4.98 Å². The zero-order valence-corrected chi connectivity index (χ0v) is 18.1. The van der Waals surface area contributed by atoms with Crippen LogP contribution in [-0.2, 0) is 4.79 Å². The van der Waals surface area contributed by atoms with Gasteiger partial charge in [0.2, 0.25) is 0 Å². The highest BCUT2D eigenvalue weighted by atomic mass is 16.4. The van der Waals surface area contributed by atoms with E-state index in [2.05, 4.69) is 38.1 Å². The van der Waals surface area contributed by atoms with E-state index in [1.54, 1.807) is 6.08 Å². The van der Waals surface area contributed by atoms with Gasteiger partial charge in [-0.15, -0.1) is 0 Å². The van der Waals surface area contributed by atoms with Crippen LogP contribution in [0.1, 0.15) is 49.4 Å². The van der Waals surface area contributed by atoms with Gasteiger partial charge in [0.1, 0.15) is 0 Å². The third-order valence-electron chi connectivity index (χ3n) is 5.26. The second kappa shape index (κ2) is 9.86. The lowest BCUT2D eigenvalue weighted by Crippen LogP contribution is -2.19. The Morgan fingerprint density at radius 3 is 2.39 bits per heavy atom. The third kappa shape index (κ3) is 5.57. The summed E-state index contributed by atoms with van der Waals surface area (Å²) in [5.74, 6) is -0.936. The van der Waals surface area contributed by atoms with E-state index < -0.39 is 24.6 Å². The van der Waals surface area contributed by atoms with Gasteiger partial charge in [0, 0.05) is 22.9 Å². The van der Waals surface area contributed by atoms with Crippen molar-refractivity contribution in [1.29, 1.82) is 0 Å². The number of aliphatic carboxylic acids is 1. The summed E-state index contributed by atoms with van der Waals surface area (Å²) in [5.41, 5.74) is 6.03. The largest absolute Gasteiger partial charge is 0.481 e. The Morgan fingerprint density at radius 1 is 1.06 bits per heavy atom. The van der Waals surface area contributed by atoms with Gasteiger partial charge in [0.05, 0.1) is 29.8 Å². The number of hydrogen-bond donors (Lipinski definition) is 3. The standard InChI is InChI=1S/C26H29NO4/c1-16(2)26-22(13-12-19(28)14-20(29)15-24(30)31)25(18-10-8-17(3)9-11-18)21-6-4-5-7-23(21)27-26/h4-13,16,19-20,28-29H,14-15H2,1-3H3,(H,30,31)/b13-12+. The molecular weight excluding hydrogens is 390 g/mol. The molecule has 0 fully saturated rings. The van der Waals surface area contributed by atoms with Gasteiger partial charge in [-0.2, -0.15) is 0 Å². The first-order chi connectivity index (χ1) is 14.8. The van der Waals surface area contributed by atoms with E-state index in [-0.39, 0.29) is 12.3 Å². The highest BCUT2D eigenvalue weighted by Crippen LogP contribution is 2.36. The summed E-state index contributed by atoms with van der Waals surface area (Å²) in [4.78, 5) is 15.7. The topological polar surface area (TPSA) is 90.7 Å². The summed E-state index contributed by atoms with van der Waals surface area (Å²) in [5, 5.41) is 30.1. The maximum atomic E-state index is 10.8. The van der Waals surface area contributed by atoms with Gasteiger partial charge in [-0.3, -0.25) is 9.78 Å². The molecule has 162 valence electrons. The SMILES string of the molecule is Cc1ccc(-c2c(/C=C/C(O)CC(O)CC(=O)O)c(C(C)C)nc3ccccc23)cc1. The number of nitrogens with zero attached hydrogens (tertiary/aromatic N) is 1. The van der Waals surface area contributed by atoms with Crippen LogP contribution in [0.3, 0.4) is 0 Å². The van der Waals surface area contributed by atoms with E-state index in [0.717, 1.165) is 33.3 Å². The number of aliphatic hydroxyl groups excluding tert-OH is 2. The van der Waals surface area contributed by atoms with Gasteiger partial charge in [-0.1, -0.05) is 74.0 Å². The number of aromatic nitrogens is 1. The zero-order chi connectivity index (χ0) is 22.5. The molecule has 1 heterocycles. The van der Waals surface area contributed by atoms with Gasteiger partial charge >= 0.3 is 5.97 Å². The number of aryl methyl sites for hydroxylation is 1. The predicted octanol–water partition coefficient (Wildman–Crippen LogP) is 4.93. The average Bonchev–Trinajstić information content (AvgIpc) is 2.71. The molecule has 1 aromatic heterocycles. The van der Waals surface area contributed by atoms with Crippen molar-refractivity contribution in [2.45, 2.75) is 51.7 Å². The summed E-state index contributed by atoms with van der Waals surface area (Å²) in [6.45, 7) is 6.22. The number of para-hydroxylation sites is 1. The first-order valence-corrected chi connectivity index (χ1v) is 10.5. The number of pyridine rings is 1. The molecule has 0 aliphatic rings. The van der Waals surface area contributed by atoms with Gasteiger partial charge in [-0.25, -0.2) is 0 Å². The van der Waals surface area contributed by atoms with Crippen LogP contribution in [0, 0.1) is 6.92 Å². The molecule has 31 heavy (non-hydrogen) atoms. The fourth-order valence-electron chi connectivity index (χ4n) is 3.74. The number of hydrogen-bond acceptors (Lipinski definition) is 4. The van der Waals surface area contributed by atoms with E-state index in [1.165, 1.54) is 5.56 Å². The molecule has 2 atom stereocenters. The number of rotatable bonds is 8. The zero-order valence-electron chi connectivity index (χ0n) is 18.1. The molecular formula is C26H29NO4. The van der Waals surface area contributed by atoms with Crippen molar-refractivity contribution in [2.24, 2.45) is 0 Å². The van der Waals surface area contributed by atoms with Crippen LogP contribution >= 0.6 is 0 Å². The Kier molecular flexibility index (Phi) is 7.21. The van der Waals surface area contributed by atoms with Crippen LogP contribution in [0.15, 0.2) is 54.6 Å². The van der Waals surface area contributed by atoms with Gasteiger partial charge < -0.3 is 15.3 Å². The highest BCUT2D eigenvalue weighted by Gasteiger charge is 2.18. The predicted molar refractivity (Wildman–Crippen MR) is 124 cm³/mol. The number of benzene rings is 2. The minimum atomic E-state index is -1.10. The molecule has 0 spiro atoms. The number of carboxylic acid groups (broad SMARTS) is 1.